The highest BCUT2D eigenvalue weighted by Gasteiger charge is 2.50. The van der Waals surface area contributed by atoms with Gasteiger partial charge in [-0.25, -0.2) is 9.78 Å². The largest absolute Gasteiger partial charge is 0.598 e. The fourth-order valence-corrected chi connectivity index (χ4v) is 12.8. The van der Waals surface area contributed by atoms with Gasteiger partial charge in [-0.15, -0.1) is 4.31 Å². The first kappa shape index (κ1) is 34.1. The minimum absolute atomic E-state index is 0.155. The Bertz CT molecular complexity index is 1540. The van der Waals surface area contributed by atoms with E-state index in [2.05, 4.69) is 92.7 Å². The lowest BCUT2D eigenvalue weighted by Gasteiger charge is -2.43. The summed E-state index contributed by atoms with van der Waals surface area (Å²) in [6, 6.07) is 32.9. The lowest BCUT2D eigenvalue weighted by atomic mass is 9.96. The van der Waals surface area contributed by atoms with Crippen molar-refractivity contribution < 1.29 is 18.5 Å². The molecule has 242 valence electrons. The summed E-state index contributed by atoms with van der Waals surface area (Å²) in [7, 11) is -2.76. The van der Waals surface area contributed by atoms with Crippen LogP contribution in [0.15, 0.2) is 97.1 Å². The van der Waals surface area contributed by atoms with Crippen molar-refractivity contribution >= 4 is 36.0 Å². The van der Waals surface area contributed by atoms with Gasteiger partial charge in [0.25, 0.3) is 8.32 Å². The number of unbranched alkanes of at least 4 members (excludes halogenated alkanes) is 1. The smallest absolute Gasteiger partial charge is 0.356 e. The Morgan fingerprint density at radius 1 is 0.957 bits per heavy atom. The van der Waals surface area contributed by atoms with E-state index >= 15 is 0 Å². The molecule has 4 aromatic rings. The summed E-state index contributed by atoms with van der Waals surface area (Å²) in [5, 5.41) is 2.31. The van der Waals surface area contributed by atoms with Crippen molar-refractivity contribution in [2.24, 2.45) is 0 Å². The van der Waals surface area contributed by atoms with E-state index in [1.165, 1.54) is 10.4 Å². The van der Waals surface area contributed by atoms with Crippen molar-refractivity contribution in [3.63, 3.8) is 0 Å². The van der Waals surface area contributed by atoms with Gasteiger partial charge in [0.1, 0.15) is 11.4 Å². The number of fused-ring (bicyclic) bond motifs is 1. The fourth-order valence-electron chi connectivity index (χ4n) is 6.63. The number of pyridine rings is 1. The van der Waals surface area contributed by atoms with E-state index < -0.39 is 25.6 Å². The molecule has 46 heavy (non-hydrogen) atoms. The maximum atomic E-state index is 13.9. The minimum Gasteiger partial charge on any atom is -0.598 e. The van der Waals surface area contributed by atoms with Gasteiger partial charge in [0, 0.05) is 29.1 Å². The van der Waals surface area contributed by atoms with Crippen LogP contribution in [0, 0.1) is 0 Å². The molecule has 0 radical (unpaired) electrons. The van der Waals surface area contributed by atoms with Gasteiger partial charge >= 0.3 is 5.97 Å². The van der Waals surface area contributed by atoms with Crippen LogP contribution in [0.4, 0.5) is 0 Å². The summed E-state index contributed by atoms with van der Waals surface area (Å²) >= 11 is -1.21. The van der Waals surface area contributed by atoms with Crippen molar-refractivity contribution in [1.29, 1.82) is 0 Å². The Labute approximate surface area is 278 Å². The summed E-state index contributed by atoms with van der Waals surface area (Å²) in [5.41, 5.74) is 3.94. The molecule has 1 aromatic heterocycles. The average molecular weight is 655 g/mol. The van der Waals surface area contributed by atoms with E-state index in [9.17, 15) is 9.35 Å². The molecule has 6 nitrogen and oxygen atoms in total. The topological polar surface area (TPSA) is 74.7 Å². The highest BCUT2D eigenvalue weighted by atomic mass is 32.2. The van der Waals surface area contributed by atoms with Crippen LogP contribution in [0.1, 0.15) is 81.5 Å². The maximum Gasteiger partial charge on any atom is 0.356 e. The van der Waals surface area contributed by atoms with Crippen LogP contribution in [0.5, 0.6) is 0 Å². The number of rotatable bonds is 13. The first-order valence-electron chi connectivity index (χ1n) is 16.4. The van der Waals surface area contributed by atoms with E-state index in [1.54, 1.807) is 6.92 Å². The molecule has 0 aliphatic carbocycles. The average Bonchev–Trinajstić information content (AvgIpc) is 3.44. The quantitative estimate of drug-likeness (QED) is 0.0862. The van der Waals surface area contributed by atoms with Gasteiger partial charge in [0.2, 0.25) is 0 Å². The molecule has 1 aliphatic heterocycles. The highest BCUT2D eigenvalue weighted by Crippen LogP contribution is 2.44. The molecule has 2 atom stereocenters. The molecule has 1 unspecified atom stereocenters. The molecule has 8 heteroatoms. The molecule has 5 rings (SSSR count). The van der Waals surface area contributed by atoms with Crippen LogP contribution in [0.3, 0.4) is 0 Å². The van der Waals surface area contributed by atoms with Gasteiger partial charge in [0.15, 0.2) is 0 Å². The number of ether oxygens (including phenoxy) is 1. The van der Waals surface area contributed by atoms with Gasteiger partial charge in [-0.3, -0.25) is 0 Å². The minimum atomic E-state index is -2.76. The zero-order chi connectivity index (χ0) is 32.7. The second kappa shape index (κ2) is 15.1. The molecule has 0 bridgehead atoms. The number of carbonyl (C=O) groups is 1. The van der Waals surface area contributed by atoms with Crippen molar-refractivity contribution in [2.75, 3.05) is 19.0 Å². The molecule has 3 aromatic carbocycles. The Morgan fingerprint density at radius 3 is 2.09 bits per heavy atom. The Kier molecular flexibility index (Phi) is 11.2. The fraction of sp³-hybridized carbons (Fsp3) is 0.368. The molecule has 0 amide bonds. The number of carbonyl (C=O) groups excluding carboxylic acids is 1. The highest BCUT2D eigenvalue weighted by molar-refractivity contribution is 7.89. The number of nitrogens with zero attached hydrogens (tertiary/aromatic N) is 2. The zero-order valence-electron chi connectivity index (χ0n) is 27.7. The molecule has 0 saturated carbocycles. The number of esters is 1. The lowest BCUT2D eigenvalue weighted by molar-refractivity contribution is 0.0519. The van der Waals surface area contributed by atoms with E-state index in [1.807, 2.05) is 36.4 Å². The second-order valence-electron chi connectivity index (χ2n) is 12.8. The first-order chi connectivity index (χ1) is 22.2. The number of benzene rings is 3. The molecule has 1 aliphatic rings. The molecule has 0 saturated heterocycles. The van der Waals surface area contributed by atoms with Gasteiger partial charge < -0.3 is 13.7 Å². The van der Waals surface area contributed by atoms with Crippen LogP contribution in [-0.2, 0) is 27.1 Å². The van der Waals surface area contributed by atoms with E-state index in [0.717, 1.165) is 35.2 Å². The van der Waals surface area contributed by atoms with Gasteiger partial charge in [-0.2, -0.15) is 0 Å². The molecule has 0 fully saturated rings. The first-order valence-corrected chi connectivity index (χ1v) is 19.6. The third kappa shape index (κ3) is 7.01. The Hall–Kier alpha value is -3.27. The van der Waals surface area contributed by atoms with Crippen molar-refractivity contribution in [1.82, 2.24) is 9.29 Å². The third-order valence-electron chi connectivity index (χ3n) is 8.74. The molecule has 0 spiro atoms. The van der Waals surface area contributed by atoms with Gasteiger partial charge in [-0.05, 0) is 46.8 Å². The Morgan fingerprint density at radius 2 is 1.54 bits per heavy atom. The SMILES string of the molecule is CCCC[S+]([O-])N1Cc2cc(C(=O)OCC)nc(-c3ccccc3)c2[C@H]1CCO[Si](c1ccccc1)(c1ccccc1)C(C)(C)C. The molecule has 0 N–H and O–H groups in total. The lowest BCUT2D eigenvalue weighted by Crippen LogP contribution is -2.66. The standard InChI is InChI=1S/C38H46N2O4SSi/c1-6-8-26-45(42)40-28-30-27-33(37(41)43-7-2)39-36(29-18-12-9-13-19-29)35(30)34(40)24-25-44-46(38(3,4)5,31-20-14-10-15-21-31)32-22-16-11-17-23-32/h9-23,27,34H,6-8,24-26,28H2,1-5H3/t34-,45?/m1/s1. The van der Waals surface area contributed by atoms with Crippen molar-refractivity contribution in [3.05, 3.63) is 114 Å². The summed E-state index contributed by atoms with van der Waals surface area (Å²) in [6.45, 7) is 12.0. The molecular formula is C38H46N2O4SSi. The van der Waals surface area contributed by atoms with Crippen LogP contribution in [0.25, 0.3) is 11.3 Å². The molecular weight excluding hydrogens is 609 g/mol. The van der Waals surface area contributed by atoms with E-state index in [4.69, 9.17) is 14.1 Å². The third-order valence-corrected chi connectivity index (χ3v) is 15.3. The zero-order valence-corrected chi connectivity index (χ0v) is 29.5. The van der Waals surface area contributed by atoms with Crippen LogP contribution in [0.2, 0.25) is 5.04 Å². The van der Waals surface area contributed by atoms with E-state index in [-0.39, 0.29) is 23.4 Å². The van der Waals surface area contributed by atoms with Crippen LogP contribution in [-0.4, -0.2) is 47.1 Å². The number of hydrogen-bond acceptors (Lipinski definition) is 6. The maximum absolute atomic E-state index is 13.9. The number of aromatic nitrogens is 1. The van der Waals surface area contributed by atoms with Crippen LogP contribution < -0.4 is 10.4 Å². The second-order valence-corrected chi connectivity index (χ2v) is 18.6. The Balaban J connectivity index is 1.58. The van der Waals surface area contributed by atoms with Crippen LogP contribution >= 0.6 is 0 Å². The normalized spacial score (nSPS) is 15.8. The van der Waals surface area contributed by atoms with Crippen molar-refractivity contribution in [2.45, 2.75) is 71.5 Å². The summed E-state index contributed by atoms with van der Waals surface area (Å²) < 4.78 is 28.7. The summed E-state index contributed by atoms with van der Waals surface area (Å²) in [5.74, 6) is 0.148. The molecule has 2 heterocycles. The van der Waals surface area contributed by atoms with Gasteiger partial charge in [0.05, 0.1) is 24.9 Å². The number of hydrogen-bond donors (Lipinski definition) is 0. The summed E-state index contributed by atoms with van der Waals surface area (Å²) in [6.07, 6.45) is 2.48. The monoisotopic (exact) mass is 654 g/mol. The van der Waals surface area contributed by atoms with E-state index in [0.29, 0.717) is 25.3 Å². The predicted molar refractivity (Wildman–Crippen MR) is 190 cm³/mol. The van der Waals surface area contributed by atoms with Crippen molar-refractivity contribution in [3.8, 4) is 11.3 Å². The van der Waals surface area contributed by atoms with Gasteiger partial charge in [-0.1, -0.05) is 125 Å². The predicted octanol–water partition coefficient (Wildman–Crippen LogP) is 7.21. The summed E-state index contributed by atoms with van der Waals surface area (Å²) in [4.78, 5) is 17.8.